The maximum atomic E-state index is 4.38. The molecule has 0 amide bonds. The van der Waals surface area contributed by atoms with E-state index in [1.807, 2.05) is 0 Å². The van der Waals surface area contributed by atoms with E-state index >= 15 is 0 Å². The maximum absolute atomic E-state index is 4.38. The number of hydrogen-bond donors (Lipinski definition) is 1. The van der Waals surface area contributed by atoms with Crippen molar-refractivity contribution in [3.63, 3.8) is 0 Å². The molecular weight excluding hydrogens is 248 g/mol. The highest BCUT2D eigenvalue weighted by Gasteiger charge is 2.13. The molecule has 0 unspecified atom stereocenters. The highest BCUT2D eigenvalue weighted by atomic mass is 15.2. The fourth-order valence-electron chi connectivity index (χ4n) is 3.05. The lowest BCUT2D eigenvalue weighted by Crippen LogP contribution is -2.19. The van der Waals surface area contributed by atoms with Gasteiger partial charge in [-0.05, 0) is 44.9 Å². The molecule has 1 aliphatic carbocycles. The van der Waals surface area contributed by atoms with Gasteiger partial charge in [-0.15, -0.1) is 0 Å². The minimum atomic E-state index is 0.957. The number of allylic oxidation sites excluding steroid dienone is 1. The van der Waals surface area contributed by atoms with Crippen LogP contribution >= 0.6 is 0 Å². The van der Waals surface area contributed by atoms with Crippen LogP contribution in [0.5, 0.6) is 0 Å². The number of nitrogens with one attached hydrogen (secondary N) is 1. The fraction of sp³-hybridized carbons (Fsp3) is 0.625. The second-order valence-electron chi connectivity index (χ2n) is 5.74. The Labute approximate surface area is 121 Å². The van der Waals surface area contributed by atoms with Gasteiger partial charge in [0.25, 0.3) is 0 Å². The Balaban J connectivity index is 1.52. The van der Waals surface area contributed by atoms with Gasteiger partial charge in [0.2, 0.25) is 0 Å². The molecule has 0 saturated carbocycles. The first-order chi connectivity index (χ1) is 9.92. The molecule has 0 aromatic carbocycles. The number of aromatic nitrogens is 2. The van der Waals surface area contributed by atoms with Gasteiger partial charge in [0.05, 0.1) is 0 Å². The molecule has 1 saturated heterocycles. The molecule has 1 fully saturated rings. The van der Waals surface area contributed by atoms with Crippen LogP contribution in [0.3, 0.4) is 0 Å². The smallest absolute Gasteiger partial charge is 0.134 e. The summed E-state index contributed by atoms with van der Waals surface area (Å²) in [5.41, 5.74) is 1.61. The summed E-state index contributed by atoms with van der Waals surface area (Å²) in [4.78, 5) is 11.1. The Morgan fingerprint density at radius 1 is 1.10 bits per heavy atom. The molecule has 1 aromatic rings. The predicted molar refractivity (Wildman–Crippen MR) is 83.1 cm³/mol. The molecule has 1 aliphatic heterocycles. The molecule has 20 heavy (non-hydrogen) atoms. The van der Waals surface area contributed by atoms with E-state index in [1.54, 1.807) is 11.9 Å². The van der Waals surface area contributed by atoms with Crippen molar-refractivity contribution in [1.29, 1.82) is 0 Å². The van der Waals surface area contributed by atoms with Gasteiger partial charge >= 0.3 is 0 Å². The summed E-state index contributed by atoms with van der Waals surface area (Å²) in [5, 5.41) is 3.44. The zero-order chi connectivity index (χ0) is 13.6. The molecule has 0 radical (unpaired) electrons. The van der Waals surface area contributed by atoms with Gasteiger partial charge in [-0.1, -0.05) is 11.6 Å². The molecule has 1 N–H and O–H groups in total. The average Bonchev–Trinajstić information content (AvgIpc) is 3.03. The van der Waals surface area contributed by atoms with Crippen LogP contribution in [-0.2, 0) is 0 Å². The molecule has 2 heterocycles. The van der Waals surface area contributed by atoms with Crippen molar-refractivity contribution < 1.29 is 0 Å². The van der Waals surface area contributed by atoms with Crippen LogP contribution in [0.25, 0.3) is 0 Å². The van der Waals surface area contributed by atoms with Crippen LogP contribution in [0.2, 0.25) is 0 Å². The van der Waals surface area contributed by atoms with E-state index in [0.29, 0.717) is 0 Å². The standard InChI is InChI=1S/C16H24N4/c1-2-6-14(7-3-1)8-9-17-15-12-16(19-13-18-15)20-10-4-5-11-20/h6,12-13H,1-5,7-11H2,(H,17,18,19). The van der Waals surface area contributed by atoms with Gasteiger partial charge in [-0.25, -0.2) is 9.97 Å². The zero-order valence-electron chi connectivity index (χ0n) is 12.1. The lowest BCUT2D eigenvalue weighted by Gasteiger charge is -2.17. The Hall–Kier alpha value is -1.58. The SMILES string of the molecule is C1=C(CCNc2cc(N3CCCC3)ncn2)CCCC1. The minimum Gasteiger partial charge on any atom is -0.370 e. The number of rotatable bonds is 5. The van der Waals surface area contributed by atoms with Crippen molar-refractivity contribution in [2.24, 2.45) is 0 Å². The summed E-state index contributed by atoms with van der Waals surface area (Å²) in [7, 11) is 0. The summed E-state index contributed by atoms with van der Waals surface area (Å²) < 4.78 is 0. The van der Waals surface area contributed by atoms with E-state index in [-0.39, 0.29) is 0 Å². The van der Waals surface area contributed by atoms with Crippen molar-refractivity contribution in [3.8, 4) is 0 Å². The summed E-state index contributed by atoms with van der Waals surface area (Å²) in [6.45, 7) is 3.23. The molecule has 0 spiro atoms. The first kappa shape index (κ1) is 13.4. The normalized spacial score (nSPS) is 19.0. The fourth-order valence-corrected chi connectivity index (χ4v) is 3.05. The highest BCUT2D eigenvalue weighted by molar-refractivity contribution is 5.48. The number of hydrogen-bond acceptors (Lipinski definition) is 4. The molecule has 0 bridgehead atoms. The predicted octanol–water partition coefficient (Wildman–Crippen LogP) is 3.38. The van der Waals surface area contributed by atoms with Crippen LogP contribution in [-0.4, -0.2) is 29.6 Å². The van der Waals surface area contributed by atoms with Gasteiger partial charge in [0.15, 0.2) is 0 Å². The lowest BCUT2D eigenvalue weighted by molar-refractivity contribution is 0.679. The highest BCUT2D eigenvalue weighted by Crippen LogP contribution is 2.21. The van der Waals surface area contributed by atoms with E-state index in [0.717, 1.165) is 37.7 Å². The van der Waals surface area contributed by atoms with Gasteiger partial charge in [0, 0.05) is 25.7 Å². The Bertz CT molecular complexity index is 463. The molecule has 2 aliphatic rings. The van der Waals surface area contributed by atoms with Gasteiger partial charge < -0.3 is 10.2 Å². The molecule has 0 atom stereocenters. The van der Waals surface area contributed by atoms with Crippen molar-refractivity contribution in [3.05, 3.63) is 24.0 Å². The topological polar surface area (TPSA) is 41.0 Å². The van der Waals surface area contributed by atoms with Crippen molar-refractivity contribution in [2.45, 2.75) is 44.9 Å². The number of anilines is 2. The van der Waals surface area contributed by atoms with E-state index in [9.17, 15) is 0 Å². The van der Waals surface area contributed by atoms with Gasteiger partial charge in [-0.3, -0.25) is 0 Å². The Kier molecular flexibility index (Phi) is 4.51. The van der Waals surface area contributed by atoms with E-state index in [4.69, 9.17) is 0 Å². The van der Waals surface area contributed by atoms with Crippen LogP contribution < -0.4 is 10.2 Å². The summed E-state index contributed by atoms with van der Waals surface area (Å²) in [5.74, 6) is 2.02. The van der Waals surface area contributed by atoms with Gasteiger partial charge in [0.1, 0.15) is 18.0 Å². The molecule has 1 aromatic heterocycles. The van der Waals surface area contributed by atoms with E-state index in [1.165, 1.54) is 38.5 Å². The first-order valence-corrected chi connectivity index (χ1v) is 7.90. The van der Waals surface area contributed by atoms with Gasteiger partial charge in [-0.2, -0.15) is 0 Å². The van der Waals surface area contributed by atoms with E-state index < -0.39 is 0 Å². The first-order valence-electron chi connectivity index (χ1n) is 7.90. The molecule has 3 rings (SSSR count). The third-order valence-electron chi connectivity index (χ3n) is 4.22. The largest absolute Gasteiger partial charge is 0.370 e. The Morgan fingerprint density at radius 3 is 2.80 bits per heavy atom. The third kappa shape index (κ3) is 3.50. The van der Waals surface area contributed by atoms with E-state index in [2.05, 4.69) is 32.3 Å². The molecule has 108 valence electrons. The van der Waals surface area contributed by atoms with Crippen LogP contribution in [0.4, 0.5) is 11.6 Å². The molecule has 4 nitrogen and oxygen atoms in total. The summed E-state index contributed by atoms with van der Waals surface area (Å²) in [6, 6.07) is 2.08. The monoisotopic (exact) mass is 272 g/mol. The van der Waals surface area contributed by atoms with Crippen molar-refractivity contribution in [2.75, 3.05) is 29.9 Å². The second-order valence-corrected chi connectivity index (χ2v) is 5.74. The van der Waals surface area contributed by atoms with Crippen LogP contribution in [0, 0.1) is 0 Å². The Morgan fingerprint density at radius 2 is 2.00 bits per heavy atom. The maximum Gasteiger partial charge on any atom is 0.134 e. The third-order valence-corrected chi connectivity index (χ3v) is 4.22. The quantitative estimate of drug-likeness (QED) is 0.834. The summed E-state index contributed by atoms with van der Waals surface area (Å²) in [6.07, 6.45) is 13.1. The average molecular weight is 272 g/mol. The van der Waals surface area contributed by atoms with Crippen molar-refractivity contribution in [1.82, 2.24) is 9.97 Å². The second kappa shape index (κ2) is 6.73. The zero-order valence-corrected chi connectivity index (χ0v) is 12.1. The summed E-state index contributed by atoms with van der Waals surface area (Å²) >= 11 is 0. The van der Waals surface area contributed by atoms with Crippen LogP contribution in [0.15, 0.2) is 24.0 Å². The number of nitrogens with zero attached hydrogens (tertiary/aromatic N) is 3. The van der Waals surface area contributed by atoms with Crippen molar-refractivity contribution >= 4 is 11.6 Å². The molecular formula is C16H24N4. The lowest BCUT2D eigenvalue weighted by atomic mass is 9.97. The minimum absolute atomic E-state index is 0.957. The van der Waals surface area contributed by atoms with Crippen LogP contribution in [0.1, 0.15) is 44.9 Å². The molecule has 4 heteroatoms.